The number of carbonyl (C=O) groups is 5. The molecule has 5 aliphatic rings. The summed E-state index contributed by atoms with van der Waals surface area (Å²) in [5.74, 6) is -1.50. The highest BCUT2D eigenvalue weighted by molar-refractivity contribution is 6.24. The van der Waals surface area contributed by atoms with E-state index < -0.39 is 35.5 Å². The van der Waals surface area contributed by atoms with Crippen molar-refractivity contribution in [3.05, 3.63) is 74.5 Å². The lowest BCUT2D eigenvalue weighted by atomic mass is 9.91. The molecule has 0 radical (unpaired) electrons. The number of carbonyl (C=O) groups excluding carboxylic acids is 5. The monoisotopic (exact) mass is 840 g/mol. The van der Waals surface area contributed by atoms with Crippen LogP contribution in [-0.2, 0) is 36.1 Å². The van der Waals surface area contributed by atoms with Crippen LogP contribution in [0.2, 0.25) is 0 Å². The topological polar surface area (TPSA) is 166 Å². The second-order valence-electron chi connectivity index (χ2n) is 16.6. The second-order valence-corrected chi connectivity index (χ2v) is 16.6. The first-order chi connectivity index (χ1) is 29.4. The average Bonchev–Trinajstić information content (AvgIpc) is 3.53. The summed E-state index contributed by atoms with van der Waals surface area (Å²) in [5.41, 5.74) is 4.12. The molecular weight excluding hydrogens is 788 g/mol. The minimum atomic E-state index is -1.15. The van der Waals surface area contributed by atoms with Gasteiger partial charge in [-0.25, -0.2) is 9.18 Å². The molecule has 8 rings (SSSR count). The van der Waals surface area contributed by atoms with Gasteiger partial charge in [0.2, 0.25) is 11.8 Å². The first-order valence-electron chi connectivity index (χ1n) is 21.1. The summed E-state index contributed by atoms with van der Waals surface area (Å²) >= 11 is 0. The number of nitrogens with zero attached hydrogens (tertiary/aromatic N) is 6. The number of methoxy groups -OCH3 is 2. The van der Waals surface area contributed by atoms with Crippen molar-refractivity contribution in [1.82, 2.24) is 34.8 Å². The van der Waals surface area contributed by atoms with Gasteiger partial charge in [0.05, 0.1) is 43.1 Å². The molecule has 2 aromatic carbocycles. The van der Waals surface area contributed by atoms with Crippen LogP contribution in [0.15, 0.2) is 35.3 Å². The maximum absolute atomic E-state index is 16.0. The first kappa shape index (κ1) is 41.9. The number of imide groups is 2. The predicted octanol–water partition coefficient (Wildman–Crippen LogP) is 2.73. The van der Waals surface area contributed by atoms with E-state index in [1.54, 1.807) is 43.8 Å². The molecule has 16 nitrogen and oxygen atoms in total. The zero-order chi connectivity index (χ0) is 43.1. The third-order valence-corrected chi connectivity index (χ3v) is 13.2. The van der Waals surface area contributed by atoms with Crippen molar-refractivity contribution in [2.24, 2.45) is 13.0 Å². The van der Waals surface area contributed by atoms with E-state index in [-0.39, 0.29) is 47.8 Å². The Labute approximate surface area is 353 Å². The molecule has 6 amide bonds. The largest absolute Gasteiger partial charge is 0.496 e. The van der Waals surface area contributed by atoms with E-state index in [9.17, 15) is 28.8 Å². The SMILES string of the molecule is CNC(=O)N1CCc2c(-c3cc(OC)c(CN4CCC(CCN5CCN(c6ccc7c(c6F)C(=O)N(C6CCC(=O)NC6=O)C7=O)CC5)CC4)c(OC)c3)cn(C)c(=O)c2C1. The molecule has 1 unspecified atom stereocenters. The molecule has 17 heteroatoms. The number of amides is 6. The highest BCUT2D eigenvalue weighted by atomic mass is 19.1. The van der Waals surface area contributed by atoms with Gasteiger partial charge in [0.15, 0.2) is 5.82 Å². The number of fused-ring (bicyclic) bond motifs is 2. The molecule has 1 atom stereocenters. The normalized spacial score (nSPS) is 20.1. The van der Waals surface area contributed by atoms with E-state index >= 15 is 4.39 Å². The number of likely N-dealkylation sites (tertiary alicyclic amines) is 1. The molecule has 61 heavy (non-hydrogen) atoms. The van der Waals surface area contributed by atoms with Crippen molar-refractivity contribution in [1.29, 1.82) is 0 Å². The number of nitrogens with one attached hydrogen (secondary N) is 2. The molecule has 0 spiro atoms. The maximum atomic E-state index is 16.0. The quantitative estimate of drug-likeness (QED) is 0.289. The Morgan fingerprint density at radius 2 is 1.56 bits per heavy atom. The first-order valence-corrected chi connectivity index (χ1v) is 21.1. The van der Waals surface area contributed by atoms with E-state index in [4.69, 9.17) is 9.47 Å². The molecular formula is C44H53FN8O8. The smallest absolute Gasteiger partial charge is 0.317 e. The number of piperazine rings is 1. The van der Waals surface area contributed by atoms with Crippen molar-refractivity contribution >= 4 is 35.3 Å². The number of piperidine rings is 2. The van der Waals surface area contributed by atoms with Crippen LogP contribution in [0.4, 0.5) is 14.9 Å². The molecule has 1 aromatic heterocycles. The number of benzene rings is 2. The van der Waals surface area contributed by atoms with Crippen molar-refractivity contribution in [3.8, 4) is 22.6 Å². The number of halogens is 1. The van der Waals surface area contributed by atoms with Crippen molar-refractivity contribution < 1.29 is 37.8 Å². The standard InChI is InChI=1S/C44H53FN8O8/c1-46-44(59)52-16-12-28-30(23-48(2)41(56)31(28)25-52)27-21-35(60-3)32(36(22-27)61-4)24-50-14-10-26(11-15-50)9-13-49-17-19-51(20-18-49)33-6-5-29-38(39(33)45)43(58)53(42(29)57)34-7-8-37(54)47-40(34)55/h5-6,21-23,26,34H,7-20,24-25H2,1-4H3,(H,46,59)(H,47,54,55). The summed E-state index contributed by atoms with van der Waals surface area (Å²) in [4.78, 5) is 85.3. The lowest BCUT2D eigenvalue weighted by Crippen LogP contribution is -2.54. The lowest BCUT2D eigenvalue weighted by molar-refractivity contribution is -0.136. The van der Waals surface area contributed by atoms with Crippen molar-refractivity contribution in [3.63, 3.8) is 0 Å². The predicted molar refractivity (Wildman–Crippen MR) is 223 cm³/mol. The zero-order valence-electron chi connectivity index (χ0n) is 35.2. The maximum Gasteiger partial charge on any atom is 0.317 e. The van der Waals surface area contributed by atoms with E-state index in [0.717, 1.165) is 90.6 Å². The molecule has 0 aliphatic carbocycles. The van der Waals surface area contributed by atoms with Gasteiger partial charge >= 0.3 is 6.03 Å². The number of aryl methyl sites for hydroxylation is 1. The second kappa shape index (κ2) is 17.3. The molecule has 324 valence electrons. The van der Waals surface area contributed by atoms with Gasteiger partial charge in [-0.15, -0.1) is 0 Å². The Hall–Kier alpha value is -5.81. The Morgan fingerprint density at radius 1 is 0.852 bits per heavy atom. The molecule has 3 aromatic rings. The number of ether oxygens (including phenoxy) is 2. The van der Waals surface area contributed by atoms with Gasteiger partial charge in [-0.2, -0.15) is 0 Å². The van der Waals surface area contributed by atoms with Crippen LogP contribution >= 0.6 is 0 Å². The summed E-state index contributed by atoms with van der Waals surface area (Å²) in [7, 11) is 6.65. The van der Waals surface area contributed by atoms with Gasteiger partial charge in [0.1, 0.15) is 17.5 Å². The highest BCUT2D eigenvalue weighted by Gasteiger charge is 2.46. The van der Waals surface area contributed by atoms with Crippen LogP contribution in [0.3, 0.4) is 0 Å². The van der Waals surface area contributed by atoms with Crippen LogP contribution in [0.5, 0.6) is 11.5 Å². The van der Waals surface area contributed by atoms with Gasteiger partial charge in [0, 0.05) is 77.1 Å². The number of urea groups is 1. The third-order valence-electron chi connectivity index (χ3n) is 13.2. The number of anilines is 1. The molecule has 6 heterocycles. The molecule has 5 aliphatic heterocycles. The number of rotatable bonds is 10. The highest BCUT2D eigenvalue weighted by Crippen LogP contribution is 2.39. The van der Waals surface area contributed by atoms with Crippen LogP contribution in [0, 0.1) is 11.7 Å². The van der Waals surface area contributed by atoms with E-state index in [1.165, 1.54) is 6.07 Å². The van der Waals surface area contributed by atoms with Crippen LogP contribution in [0.1, 0.15) is 69.5 Å². The van der Waals surface area contributed by atoms with Gasteiger partial charge in [-0.3, -0.25) is 44.0 Å². The van der Waals surface area contributed by atoms with Crippen LogP contribution in [-0.4, -0.2) is 133 Å². The van der Waals surface area contributed by atoms with Gasteiger partial charge in [-0.1, -0.05) is 0 Å². The van der Waals surface area contributed by atoms with Crippen molar-refractivity contribution in [2.75, 3.05) is 78.5 Å². The van der Waals surface area contributed by atoms with E-state index in [2.05, 4.69) is 20.4 Å². The molecule has 3 fully saturated rings. The lowest BCUT2D eigenvalue weighted by Gasteiger charge is -2.38. The number of aromatic nitrogens is 1. The summed E-state index contributed by atoms with van der Waals surface area (Å²) in [6, 6.07) is 5.69. The van der Waals surface area contributed by atoms with Crippen molar-refractivity contribution in [2.45, 2.75) is 57.7 Å². The fourth-order valence-electron chi connectivity index (χ4n) is 9.66. The van der Waals surface area contributed by atoms with Gasteiger partial charge < -0.3 is 29.2 Å². The number of pyridine rings is 1. The van der Waals surface area contributed by atoms with Crippen LogP contribution in [0.25, 0.3) is 11.1 Å². The van der Waals surface area contributed by atoms with Crippen LogP contribution < -0.4 is 30.6 Å². The summed E-state index contributed by atoms with van der Waals surface area (Å²) < 4.78 is 29.5. The van der Waals surface area contributed by atoms with E-state index in [0.29, 0.717) is 44.1 Å². The minimum absolute atomic E-state index is 0.00378. The number of hydrogen-bond acceptors (Lipinski definition) is 11. The Kier molecular flexibility index (Phi) is 11.9. The fourth-order valence-corrected chi connectivity index (χ4v) is 9.66. The molecule has 2 N–H and O–H groups in total. The minimum Gasteiger partial charge on any atom is -0.496 e. The van der Waals surface area contributed by atoms with E-state index in [1.807, 2.05) is 23.2 Å². The Bertz CT molecular complexity index is 2310. The molecule has 0 saturated carbocycles. The Balaban J connectivity index is 0.848. The number of hydrogen-bond donors (Lipinski definition) is 2. The molecule has 0 bridgehead atoms. The Morgan fingerprint density at radius 3 is 2.21 bits per heavy atom. The summed E-state index contributed by atoms with van der Waals surface area (Å²) in [6.45, 7) is 6.82. The summed E-state index contributed by atoms with van der Waals surface area (Å²) in [6.07, 6.45) is 5.60. The van der Waals surface area contributed by atoms with Gasteiger partial charge in [-0.05, 0) is 93.0 Å². The average molecular weight is 841 g/mol. The third kappa shape index (κ3) is 7.96. The summed E-state index contributed by atoms with van der Waals surface area (Å²) in [5, 5.41) is 4.83. The molecule has 3 saturated heterocycles. The van der Waals surface area contributed by atoms with Gasteiger partial charge in [0.25, 0.3) is 17.4 Å². The zero-order valence-corrected chi connectivity index (χ0v) is 35.2. The fraction of sp³-hybridized carbons (Fsp3) is 0.500.